The maximum Gasteiger partial charge on any atom is 0.317 e. The SMILES string of the molecule is Cc1ccc(Cl)cc1N1CCN(CC(=O)O)CC1. The highest BCUT2D eigenvalue weighted by atomic mass is 35.5. The molecule has 0 spiro atoms. The van der Waals surface area contributed by atoms with Crippen molar-refractivity contribution in [3.05, 3.63) is 28.8 Å². The zero-order valence-corrected chi connectivity index (χ0v) is 11.2. The highest BCUT2D eigenvalue weighted by Crippen LogP contribution is 2.25. The molecule has 1 fully saturated rings. The molecule has 1 N–H and O–H groups in total. The van der Waals surface area contributed by atoms with E-state index in [9.17, 15) is 4.79 Å². The van der Waals surface area contributed by atoms with Crippen LogP contribution in [0.1, 0.15) is 5.56 Å². The second-order valence-electron chi connectivity index (χ2n) is 4.59. The van der Waals surface area contributed by atoms with Crippen LogP contribution >= 0.6 is 11.6 Å². The van der Waals surface area contributed by atoms with Crippen LogP contribution < -0.4 is 4.90 Å². The molecule has 0 bridgehead atoms. The number of carboxylic acid groups (broad SMARTS) is 1. The molecule has 5 heteroatoms. The first-order valence-corrected chi connectivity index (χ1v) is 6.39. The van der Waals surface area contributed by atoms with Crippen molar-refractivity contribution >= 4 is 23.3 Å². The van der Waals surface area contributed by atoms with E-state index in [-0.39, 0.29) is 6.54 Å². The van der Waals surface area contributed by atoms with Crippen molar-refractivity contribution in [3.8, 4) is 0 Å². The monoisotopic (exact) mass is 268 g/mol. The summed E-state index contributed by atoms with van der Waals surface area (Å²) in [5, 5.41) is 9.50. The number of halogens is 1. The molecular weight excluding hydrogens is 252 g/mol. The zero-order valence-electron chi connectivity index (χ0n) is 10.4. The van der Waals surface area contributed by atoms with Gasteiger partial charge in [-0.2, -0.15) is 0 Å². The zero-order chi connectivity index (χ0) is 13.1. The summed E-state index contributed by atoms with van der Waals surface area (Å²) in [6.07, 6.45) is 0. The Labute approximate surface area is 112 Å². The highest BCUT2D eigenvalue weighted by molar-refractivity contribution is 6.30. The third-order valence-corrected chi connectivity index (χ3v) is 3.48. The molecule has 0 radical (unpaired) electrons. The Morgan fingerprint density at radius 2 is 2.00 bits per heavy atom. The predicted molar refractivity (Wildman–Crippen MR) is 72.5 cm³/mol. The van der Waals surface area contributed by atoms with E-state index >= 15 is 0 Å². The lowest BCUT2D eigenvalue weighted by Crippen LogP contribution is -2.48. The van der Waals surface area contributed by atoms with Gasteiger partial charge in [0.05, 0.1) is 6.54 Å². The number of aliphatic carboxylic acids is 1. The minimum absolute atomic E-state index is 0.127. The molecule has 1 aromatic carbocycles. The second-order valence-corrected chi connectivity index (χ2v) is 5.02. The van der Waals surface area contributed by atoms with E-state index in [1.54, 1.807) is 0 Å². The predicted octanol–water partition coefficient (Wildman–Crippen LogP) is 1.86. The fourth-order valence-electron chi connectivity index (χ4n) is 2.26. The largest absolute Gasteiger partial charge is 0.480 e. The molecule has 1 aliphatic heterocycles. The summed E-state index contributed by atoms with van der Waals surface area (Å²) in [6.45, 7) is 5.43. The molecular formula is C13H17ClN2O2. The van der Waals surface area contributed by atoms with Crippen LogP contribution in [0.2, 0.25) is 5.02 Å². The van der Waals surface area contributed by atoms with Gasteiger partial charge >= 0.3 is 5.97 Å². The number of carboxylic acids is 1. The van der Waals surface area contributed by atoms with Crippen LogP contribution in [0.3, 0.4) is 0 Å². The number of anilines is 1. The molecule has 4 nitrogen and oxygen atoms in total. The van der Waals surface area contributed by atoms with Gasteiger partial charge in [-0.3, -0.25) is 9.69 Å². The lowest BCUT2D eigenvalue weighted by atomic mass is 10.1. The Morgan fingerprint density at radius 3 is 2.61 bits per heavy atom. The average Bonchev–Trinajstić information content (AvgIpc) is 2.33. The summed E-state index contributed by atoms with van der Waals surface area (Å²) in [5.41, 5.74) is 2.35. The van der Waals surface area contributed by atoms with Crippen LogP contribution in [0.25, 0.3) is 0 Å². The van der Waals surface area contributed by atoms with Crippen LogP contribution in [0.15, 0.2) is 18.2 Å². The molecule has 0 saturated carbocycles. The number of hydrogen-bond donors (Lipinski definition) is 1. The summed E-state index contributed by atoms with van der Waals surface area (Å²) in [4.78, 5) is 14.9. The number of nitrogens with zero attached hydrogens (tertiary/aromatic N) is 2. The van der Waals surface area contributed by atoms with E-state index in [1.807, 2.05) is 23.1 Å². The Morgan fingerprint density at radius 1 is 1.33 bits per heavy atom. The number of hydrogen-bond acceptors (Lipinski definition) is 3. The minimum atomic E-state index is -0.762. The van der Waals surface area contributed by atoms with Crippen LogP contribution in [0.4, 0.5) is 5.69 Å². The van der Waals surface area contributed by atoms with Gasteiger partial charge in [-0.1, -0.05) is 17.7 Å². The van der Waals surface area contributed by atoms with E-state index in [2.05, 4.69) is 11.8 Å². The molecule has 0 aromatic heterocycles. The standard InChI is InChI=1S/C13H17ClN2O2/c1-10-2-3-11(14)8-12(10)16-6-4-15(5-7-16)9-13(17)18/h2-3,8H,4-7,9H2,1H3,(H,17,18). The molecule has 1 saturated heterocycles. The fraction of sp³-hybridized carbons (Fsp3) is 0.462. The molecule has 1 aliphatic rings. The fourth-order valence-corrected chi connectivity index (χ4v) is 2.43. The maximum atomic E-state index is 10.6. The molecule has 0 amide bonds. The summed E-state index contributed by atoms with van der Waals surface area (Å²) in [5.74, 6) is -0.762. The van der Waals surface area contributed by atoms with E-state index < -0.39 is 5.97 Å². The minimum Gasteiger partial charge on any atom is -0.480 e. The maximum absolute atomic E-state index is 10.6. The Balaban J connectivity index is 2.01. The van der Waals surface area contributed by atoms with Crippen molar-refractivity contribution in [2.45, 2.75) is 6.92 Å². The van der Waals surface area contributed by atoms with Crippen molar-refractivity contribution in [1.29, 1.82) is 0 Å². The van der Waals surface area contributed by atoms with Crippen molar-refractivity contribution in [3.63, 3.8) is 0 Å². The summed E-state index contributed by atoms with van der Waals surface area (Å²) < 4.78 is 0. The van der Waals surface area contributed by atoms with Gasteiger partial charge in [-0.25, -0.2) is 0 Å². The number of piperazine rings is 1. The molecule has 0 atom stereocenters. The van der Waals surface area contributed by atoms with Crippen LogP contribution in [0, 0.1) is 6.92 Å². The molecule has 1 aromatic rings. The third kappa shape index (κ3) is 3.15. The van der Waals surface area contributed by atoms with Crippen molar-refractivity contribution in [2.24, 2.45) is 0 Å². The Kier molecular flexibility index (Phi) is 4.09. The molecule has 98 valence electrons. The van der Waals surface area contributed by atoms with Gasteiger partial charge in [0.15, 0.2) is 0 Å². The number of rotatable bonds is 3. The molecule has 18 heavy (non-hydrogen) atoms. The molecule has 0 aliphatic carbocycles. The third-order valence-electron chi connectivity index (χ3n) is 3.24. The first-order valence-electron chi connectivity index (χ1n) is 6.01. The van der Waals surface area contributed by atoms with Gasteiger partial charge in [0.2, 0.25) is 0 Å². The second kappa shape index (κ2) is 5.59. The lowest BCUT2D eigenvalue weighted by Gasteiger charge is -2.36. The van der Waals surface area contributed by atoms with Gasteiger partial charge in [-0.05, 0) is 24.6 Å². The number of carbonyl (C=O) groups is 1. The topological polar surface area (TPSA) is 43.8 Å². The van der Waals surface area contributed by atoms with Gasteiger partial charge in [0.25, 0.3) is 0 Å². The van der Waals surface area contributed by atoms with E-state index in [1.165, 1.54) is 5.56 Å². The summed E-state index contributed by atoms with van der Waals surface area (Å²) in [7, 11) is 0. The lowest BCUT2D eigenvalue weighted by molar-refractivity contribution is -0.138. The molecule has 1 heterocycles. The highest BCUT2D eigenvalue weighted by Gasteiger charge is 2.19. The van der Waals surface area contributed by atoms with Gasteiger partial charge in [0, 0.05) is 36.9 Å². The Bertz CT molecular complexity index is 443. The van der Waals surface area contributed by atoms with Crippen LogP contribution in [-0.4, -0.2) is 48.7 Å². The summed E-state index contributed by atoms with van der Waals surface area (Å²) in [6, 6.07) is 5.88. The van der Waals surface area contributed by atoms with E-state index in [0.29, 0.717) is 0 Å². The summed E-state index contributed by atoms with van der Waals surface area (Å²) >= 11 is 6.02. The van der Waals surface area contributed by atoms with Gasteiger partial charge in [0.1, 0.15) is 0 Å². The van der Waals surface area contributed by atoms with Crippen molar-refractivity contribution < 1.29 is 9.90 Å². The average molecular weight is 269 g/mol. The van der Waals surface area contributed by atoms with Crippen LogP contribution in [0.5, 0.6) is 0 Å². The normalized spacial score (nSPS) is 16.9. The Hall–Kier alpha value is -1.26. The first kappa shape index (κ1) is 13.2. The van der Waals surface area contributed by atoms with E-state index in [0.717, 1.165) is 36.9 Å². The van der Waals surface area contributed by atoms with E-state index in [4.69, 9.17) is 16.7 Å². The van der Waals surface area contributed by atoms with Crippen LogP contribution in [-0.2, 0) is 4.79 Å². The molecule has 0 unspecified atom stereocenters. The van der Waals surface area contributed by atoms with Gasteiger partial charge in [-0.15, -0.1) is 0 Å². The first-order chi connectivity index (χ1) is 8.56. The molecule has 2 rings (SSSR count). The number of aryl methyl sites for hydroxylation is 1. The smallest absolute Gasteiger partial charge is 0.317 e. The van der Waals surface area contributed by atoms with Gasteiger partial charge < -0.3 is 10.0 Å². The number of benzene rings is 1. The quantitative estimate of drug-likeness (QED) is 0.909. The van der Waals surface area contributed by atoms with Crippen molar-refractivity contribution in [1.82, 2.24) is 4.90 Å². The van der Waals surface area contributed by atoms with Crippen molar-refractivity contribution in [2.75, 3.05) is 37.6 Å².